The zero-order valence-corrected chi connectivity index (χ0v) is 11.9. The number of carbonyl (C=O) groups is 1. The summed E-state index contributed by atoms with van der Waals surface area (Å²) in [6, 6.07) is -0.660. The maximum Gasteiger partial charge on any atom is 0.273 e. The van der Waals surface area contributed by atoms with Gasteiger partial charge in [0, 0.05) is 6.04 Å². The largest absolute Gasteiger partial charge is 0.446 e. The van der Waals surface area contributed by atoms with E-state index in [1.807, 2.05) is 6.92 Å². The van der Waals surface area contributed by atoms with E-state index in [4.69, 9.17) is 10.2 Å². The first-order valence-electron chi connectivity index (χ1n) is 6.51. The van der Waals surface area contributed by atoms with Crippen LogP contribution in [0, 0.1) is 5.92 Å². The SMILES string of the molecule is CC(C)CC(C)NC(=O)c1coc(C(N)C(C)O)n1. The van der Waals surface area contributed by atoms with Crippen LogP contribution in [-0.4, -0.2) is 28.1 Å². The molecule has 0 radical (unpaired) electrons. The van der Waals surface area contributed by atoms with E-state index in [0.717, 1.165) is 6.42 Å². The number of aliphatic hydroxyl groups is 1. The zero-order chi connectivity index (χ0) is 14.6. The van der Waals surface area contributed by atoms with Crippen LogP contribution in [0.2, 0.25) is 0 Å². The molecule has 1 heterocycles. The van der Waals surface area contributed by atoms with Crippen LogP contribution in [0.25, 0.3) is 0 Å². The highest BCUT2D eigenvalue weighted by molar-refractivity contribution is 5.92. The Kier molecular flexibility index (Phi) is 5.50. The molecule has 0 saturated heterocycles. The molecule has 1 aromatic heterocycles. The fourth-order valence-electron chi connectivity index (χ4n) is 1.82. The van der Waals surface area contributed by atoms with Gasteiger partial charge in [0.25, 0.3) is 5.91 Å². The average Bonchev–Trinajstić information content (AvgIpc) is 2.75. The van der Waals surface area contributed by atoms with Crippen LogP contribution in [0.1, 0.15) is 56.5 Å². The number of oxazole rings is 1. The molecule has 0 spiro atoms. The molecule has 0 saturated carbocycles. The number of aliphatic hydroxyl groups excluding tert-OH is 1. The van der Waals surface area contributed by atoms with Crippen LogP contribution >= 0.6 is 0 Å². The second-order valence-corrected chi connectivity index (χ2v) is 5.34. The molecular formula is C13H23N3O3. The van der Waals surface area contributed by atoms with Gasteiger partial charge in [-0.1, -0.05) is 13.8 Å². The Bertz CT molecular complexity index is 415. The van der Waals surface area contributed by atoms with Gasteiger partial charge >= 0.3 is 0 Å². The van der Waals surface area contributed by atoms with Crippen molar-refractivity contribution in [2.75, 3.05) is 0 Å². The molecule has 1 amide bonds. The van der Waals surface area contributed by atoms with Crippen molar-refractivity contribution in [3.05, 3.63) is 17.8 Å². The first-order chi connectivity index (χ1) is 8.81. The molecule has 6 nitrogen and oxygen atoms in total. The van der Waals surface area contributed by atoms with Gasteiger partial charge in [-0.25, -0.2) is 4.98 Å². The van der Waals surface area contributed by atoms with Gasteiger partial charge in [-0.05, 0) is 26.2 Å². The van der Waals surface area contributed by atoms with Gasteiger partial charge in [-0.15, -0.1) is 0 Å². The van der Waals surface area contributed by atoms with Crippen molar-refractivity contribution in [2.45, 2.75) is 52.3 Å². The maximum absolute atomic E-state index is 11.9. The Labute approximate surface area is 113 Å². The van der Waals surface area contributed by atoms with Crippen molar-refractivity contribution >= 4 is 5.91 Å². The van der Waals surface area contributed by atoms with Crippen LogP contribution in [0.3, 0.4) is 0 Å². The van der Waals surface area contributed by atoms with Gasteiger partial charge in [0.05, 0.1) is 6.10 Å². The zero-order valence-electron chi connectivity index (χ0n) is 11.9. The van der Waals surface area contributed by atoms with Crippen LogP contribution in [0.4, 0.5) is 0 Å². The van der Waals surface area contributed by atoms with Crippen molar-refractivity contribution in [3.63, 3.8) is 0 Å². The monoisotopic (exact) mass is 269 g/mol. The van der Waals surface area contributed by atoms with Crippen LogP contribution in [0.15, 0.2) is 10.7 Å². The molecule has 0 aliphatic heterocycles. The van der Waals surface area contributed by atoms with Crippen molar-refractivity contribution in [2.24, 2.45) is 11.7 Å². The molecule has 108 valence electrons. The number of hydrogen-bond acceptors (Lipinski definition) is 5. The lowest BCUT2D eigenvalue weighted by molar-refractivity contribution is 0.0930. The van der Waals surface area contributed by atoms with Crippen LogP contribution < -0.4 is 11.1 Å². The topological polar surface area (TPSA) is 101 Å². The van der Waals surface area contributed by atoms with Gasteiger partial charge in [-0.3, -0.25) is 4.79 Å². The third-order valence-electron chi connectivity index (χ3n) is 2.76. The lowest BCUT2D eigenvalue weighted by atomic mass is 10.1. The van der Waals surface area contributed by atoms with Crippen molar-refractivity contribution < 1.29 is 14.3 Å². The van der Waals surface area contributed by atoms with E-state index in [2.05, 4.69) is 24.1 Å². The summed E-state index contributed by atoms with van der Waals surface area (Å²) in [5.74, 6) is 0.379. The van der Waals surface area contributed by atoms with E-state index < -0.39 is 12.1 Å². The molecule has 19 heavy (non-hydrogen) atoms. The van der Waals surface area contributed by atoms with Gasteiger partial charge in [0.15, 0.2) is 5.69 Å². The van der Waals surface area contributed by atoms with E-state index >= 15 is 0 Å². The van der Waals surface area contributed by atoms with E-state index in [9.17, 15) is 9.90 Å². The third kappa shape index (κ3) is 4.65. The summed E-state index contributed by atoms with van der Waals surface area (Å²) in [7, 11) is 0. The Balaban J connectivity index is 2.63. The number of aromatic nitrogens is 1. The summed E-state index contributed by atoms with van der Waals surface area (Å²) in [5, 5.41) is 12.2. The summed E-state index contributed by atoms with van der Waals surface area (Å²) >= 11 is 0. The van der Waals surface area contributed by atoms with Crippen LogP contribution in [-0.2, 0) is 0 Å². The molecule has 0 aliphatic carbocycles. The fourth-order valence-corrected chi connectivity index (χ4v) is 1.82. The Morgan fingerprint density at radius 3 is 2.63 bits per heavy atom. The molecule has 0 aliphatic rings. The lowest BCUT2D eigenvalue weighted by Crippen LogP contribution is -2.33. The van der Waals surface area contributed by atoms with E-state index in [1.54, 1.807) is 6.92 Å². The van der Waals surface area contributed by atoms with E-state index in [1.165, 1.54) is 6.26 Å². The summed E-state index contributed by atoms with van der Waals surface area (Å²) < 4.78 is 5.11. The average molecular weight is 269 g/mol. The number of hydrogen-bond donors (Lipinski definition) is 3. The second kappa shape index (κ2) is 6.68. The Hall–Kier alpha value is -1.40. The quantitative estimate of drug-likeness (QED) is 0.720. The minimum absolute atomic E-state index is 0.0677. The summed E-state index contributed by atoms with van der Waals surface area (Å²) in [6.45, 7) is 7.68. The second-order valence-electron chi connectivity index (χ2n) is 5.34. The highest BCUT2D eigenvalue weighted by Crippen LogP contribution is 2.14. The van der Waals surface area contributed by atoms with E-state index in [0.29, 0.717) is 5.92 Å². The smallest absolute Gasteiger partial charge is 0.273 e. The highest BCUT2D eigenvalue weighted by Gasteiger charge is 2.21. The van der Waals surface area contributed by atoms with Crippen molar-refractivity contribution in [1.82, 2.24) is 10.3 Å². The molecule has 0 fully saturated rings. The highest BCUT2D eigenvalue weighted by atomic mass is 16.3. The number of nitrogens with one attached hydrogen (secondary N) is 1. The minimum Gasteiger partial charge on any atom is -0.446 e. The van der Waals surface area contributed by atoms with Gasteiger partial charge in [-0.2, -0.15) is 0 Å². The Morgan fingerprint density at radius 2 is 2.11 bits per heavy atom. The Morgan fingerprint density at radius 1 is 1.47 bits per heavy atom. The van der Waals surface area contributed by atoms with Crippen molar-refractivity contribution in [1.29, 1.82) is 0 Å². The number of rotatable bonds is 6. The molecule has 0 aromatic carbocycles. The molecule has 0 bridgehead atoms. The van der Waals surface area contributed by atoms with Crippen LogP contribution in [0.5, 0.6) is 0 Å². The number of amides is 1. The van der Waals surface area contributed by atoms with Gasteiger partial charge in [0.1, 0.15) is 12.3 Å². The predicted molar refractivity (Wildman–Crippen MR) is 71.5 cm³/mol. The predicted octanol–water partition coefficient (Wildman–Crippen LogP) is 1.22. The fraction of sp³-hybridized carbons (Fsp3) is 0.692. The first kappa shape index (κ1) is 15.7. The lowest BCUT2D eigenvalue weighted by Gasteiger charge is -2.14. The number of nitrogens with two attached hydrogens (primary N) is 1. The van der Waals surface area contributed by atoms with Gasteiger partial charge < -0.3 is 20.6 Å². The molecule has 3 atom stereocenters. The molecule has 6 heteroatoms. The summed E-state index contributed by atoms with van der Waals surface area (Å²) in [6.07, 6.45) is 1.37. The summed E-state index contributed by atoms with van der Waals surface area (Å²) in [5.41, 5.74) is 5.86. The maximum atomic E-state index is 11.9. The van der Waals surface area contributed by atoms with E-state index in [-0.39, 0.29) is 23.5 Å². The molecule has 4 N–H and O–H groups in total. The van der Waals surface area contributed by atoms with Gasteiger partial charge in [0.2, 0.25) is 5.89 Å². The van der Waals surface area contributed by atoms with Crippen molar-refractivity contribution in [3.8, 4) is 0 Å². The third-order valence-corrected chi connectivity index (χ3v) is 2.76. The molecular weight excluding hydrogens is 246 g/mol. The first-order valence-corrected chi connectivity index (χ1v) is 6.51. The normalized spacial score (nSPS) is 16.2. The summed E-state index contributed by atoms with van der Waals surface area (Å²) in [4.78, 5) is 15.9. The molecule has 1 rings (SSSR count). The minimum atomic E-state index is -0.783. The number of nitrogens with zero attached hydrogens (tertiary/aromatic N) is 1. The molecule has 3 unspecified atom stereocenters. The standard InChI is InChI=1S/C13H23N3O3/c1-7(2)5-8(3)15-12(18)10-6-19-13(16-10)11(14)9(4)17/h6-9,11,17H,5,14H2,1-4H3,(H,15,18). The number of carbonyl (C=O) groups excluding carboxylic acids is 1. The molecule has 1 aromatic rings.